The number of nitrogens with zero attached hydrogens (tertiary/aromatic N) is 4. The van der Waals surface area contributed by atoms with E-state index in [0.29, 0.717) is 16.9 Å². The summed E-state index contributed by atoms with van der Waals surface area (Å²) in [6.45, 7) is 2.17. The van der Waals surface area contributed by atoms with E-state index in [-0.39, 0.29) is 48.6 Å². The van der Waals surface area contributed by atoms with Crippen LogP contribution in [0.5, 0.6) is 0 Å². The molecule has 1 amide bonds. The molecule has 0 spiro atoms. The zero-order chi connectivity index (χ0) is 24.7. The van der Waals surface area contributed by atoms with Crippen molar-refractivity contribution >= 4 is 21.7 Å². The second kappa shape index (κ2) is 9.01. The number of sulfonamides is 1. The Morgan fingerprint density at radius 3 is 2.37 bits per heavy atom. The number of hydrogen-bond donors (Lipinski definition) is 0. The summed E-state index contributed by atoms with van der Waals surface area (Å²) in [5, 5.41) is 4.59. The highest BCUT2D eigenvalue weighted by Gasteiger charge is 2.34. The molecule has 5 rings (SSSR count). The van der Waals surface area contributed by atoms with Crippen LogP contribution in [0.4, 0.5) is 4.39 Å². The summed E-state index contributed by atoms with van der Waals surface area (Å²) >= 11 is 0. The lowest BCUT2D eigenvalue weighted by molar-refractivity contribution is 0.0690. The first kappa shape index (κ1) is 23.4. The van der Waals surface area contributed by atoms with Gasteiger partial charge < -0.3 is 4.90 Å². The SMILES string of the molecule is CC(=O)c1cccc(S(=O)(=O)N2CCN(C(=O)c3nn(-c4ccc(F)cc4)c4c3CCC4)CC2)c1. The molecule has 1 aliphatic heterocycles. The maximum Gasteiger partial charge on any atom is 0.274 e. The molecule has 8 nitrogen and oxygen atoms in total. The number of carbonyl (C=O) groups excluding carboxylic acids is 2. The third-order valence-electron chi connectivity index (χ3n) is 6.61. The van der Waals surface area contributed by atoms with Crippen LogP contribution in [0, 0.1) is 5.82 Å². The topological polar surface area (TPSA) is 92.6 Å². The van der Waals surface area contributed by atoms with Gasteiger partial charge in [-0.1, -0.05) is 12.1 Å². The van der Waals surface area contributed by atoms with Crippen LogP contribution in [0.2, 0.25) is 0 Å². The Kier molecular flexibility index (Phi) is 6.02. The lowest BCUT2D eigenvalue weighted by Gasteiger charge is -2.33. The van der Waals surface area contributed by atoms with Gasteiger partial charge in [0, 0.05) is 43.0 Å². The van der Waals surface area contributed by atoms with Gasteiger partial charge in [0.25, 0.3) is 5.91 Å². The first-order valence-electron chi connectivity index (χ1n) is 11.5. The van der Waals surface area contributed by atoms with E-state index in [0.717, 1.165) is 30.5 Å². The minimum Gasteiger partial charge on any atom is -0.335 e. The molecule has 10 heteroatoms. The number of amides is 1. The van der Waals surface area contributed by atoms with Crippen LogP contribution in [0.3, 0.4) is 0 Å². The lowest BCUT2D eigenvalue weighted by atomic mass is 10.1. The molecule has 0 N–H and O–H groups in total. The van der Waals surface area contributed by atoms with E-state index in [2.05, 4.69) is 5.10 Å². The number of rotatable bonds is 5. The highest BCUT2D eigenvalue weighted by molar-refractivity contribution is 7.89. The Morgan fingerprint density at radius 1 is 0.971 bits per heavy atom. The molecule has 0 saturated carbocycles. The van der Waals surface area contributed by atoms with Crippen LogP contribution in [0.25, 0.3) is 5.69 Å². The van der Waals surface area contributed by atoms with Gasteiger partial charge in [-0.25, -0.2) is 17.5 Å². The normalized spacial score (nSPS) is 16.3. The molecule has 0 bridgehead atoms. The molecule has 2 aromatic carbocycles. The predicted molar refractivity (Wildman–Crippen MR) is 127 cm³/mol. The molecule has 0 radical (unpaired) electrons. The van der Waals surface area contributed by atoms with Crippen molar-refractivity contribution in [3.8, 4) is 5.69 Å². The Hall–Kier alpha value is -3.37. The number of aromatic nitrogens is 2. The molecule has 1 fully saturated rings. The van der Waals surface area contributed by atoms with Crippen molar-refractivity contribution in [3.63, 3.8) is 0 Å². The van der Waals surface area contributed by atoms with E-state index < -0.39 is 10.0 Å². The summed E-state index contributed by atoms with van der Waals surface area (Å²) in [4.78, 5) is 26.8. The van der Waals surface area contributed by atoms with E-state index in [9.17, 15) is 22.4 Å². The van der Waals surface area contributed by atoms with Crippen LogP contribution in [-0.4, -0.2) is 65.3 Å². The average molecular weight is 497 g/mol. The Labute approximate surface area is 203 Å². The van der Waals surface area contributed by atoms with E-state index in [1.54, 1.807) is 33.8 Å². The molecule has 2 heterocycles. The standard InChI is InChI=1S/C25H25FN4O4S/c1-17(31)18-4-2-5-21(16-18)35(33,34)29-14-12-28(13-15-29)25(32)24-22-6-3-7-23(22)30(27-24)20-10-8-19(26)9-11-20/h2,4-5,8-11,16H,3,6-7,12-15H2,1H3. The summed E-state index contributed by atoms with van der Waals surface area (Å²) < 4.78 is 42.7. The number of carbonyl (C=O) groups is 2. The fourth-order valence-electron chi connectivity index (χ4n) is 4.71. The van der Waals surface area contributed by atoms with Crippen molar-refractivity contribution in [2.24, 2.45) is 0 Å². The highest BCUT2D eigenvalue weighted by Crippen LogP contribution is 2.29. The third-order valence-corrected chi connectivity index (χ3v) is 8.50. The maximum atomic E-state index is 13.4. The molecule has 35 heavy (non-hydrogen) atoms. The van der Waals surface area contributed by atoms with Gasteiger partial charge in [-0.3, -0.25) is 9.59 Å². The van der Waals surface area contributed by atoms with Gasteiger partial charge in [0.1, 0.15) is 5.82 Å². The van der Waals surface area contributed by atoms with Crippen molar-refractivity contribution < 1.29 is 22.4 Å². The van der Waals surface area contributed by atoms with Gasteiger partial charge >= 0.3 is 0 Å². The van der Waals surface area contributed by atoms with E-state index in [1.165, 1.54) is 35.5 Å². The fraction of sp³-hybridized carbons (Fsp3) is 0.320. The van der Waals surface area contributed by atoms with Crippen LogP contribution in [-0.2, 0) is 22.9 Å². The quantitative estimate of drug-likeness (QED) is 0.507. The number of hydrogen-bond acceptors (Lipinski definition) is 5. The first-order valence-corrected chi connectivity index (χ1v) is 13.0. The van der Waals surface area contributed by atoms with Gasteiger partial charge in [-0.05, 0) is 62.6 Å². The van der Waals surface area contributed by atoms with Crippen LogP contribution >= 0.6 is 0 Å². The third kappa shape index (κ3) is 4.28. The summed E-state index contributed by atoms with van der Waals surface area (Å²) in [6, 6.07) is 12.0. The smallest absolute Gasteiger partial charge is 0.274 e. The minimum absolute atomic E-state index is 0.0702. The zero-order valence-electron chi connectivity index (χ0n) is 19.3. The molecular weight excluding hydrogens is 471 g/mol. The van der Waals surface area contributed by atoms with Gasteiger partial charge in [-0.15, -0.1) is 0 Å². The Morgan fingerprint density at radius 2 is 1.69 bits per heavy atom. The molecule has 0 atom stereocenters. The van der Waals surface area contributed by atoms with Crippen LogP contribution in [0.15, 0.2) is 53.4 Å². The highest BCUT2D eigenvalue weighted by atomic mass is 32.2. The van der Waals surface area contributed by atoms with Crippen molar-refractivity contribution in [3.05, 3.63) is 76.9 Å². The van der Waals surface area contributed by atoms with Crippen molar-refractivity contribution in [2.45, 2.75) is 31.1 Å². The Balaban J connectivity index is 1.34. The minimum atomic E-state index is -3.78. The predicted octanol–water partition coefficient (Wildman–Crippen LogP) is 2.85. The fourth-order valence-corrected chi connectivity index (χ4v) is 6.18. The molecule has 1 aliphatic carbocycles. The molecule has 2 aliphatic rings. The van der Waals surface area contributed by atoms with Crippen LogP contribution < -0.4 is 0 Å². The zero-order valence-corrected chi connectivity index (χ0v) is 20.1. The summed E-state index contributed by atoms with van der Waals surface area (Å²) in [6.07, 6.45) is 2.46. The van der Waals surface area contributed by atoms with Crippen molar-refractivity contribution in [1.29, 1.82) is 0 Å². The lowest BCUT2D eigenvalue weighted by Crippen LogP contribution is -2.50. The second-order valence-electron chi connectivity index (χ2n) is 8.80. The van der Waals surface area contributed by atoms with E-state index >= 15 is 0 Å². The monoisotopic (exact) mass is 496 g/mol. The second-order valence-corrected chi connectivity index (χ2v) is 10.7. The van der Waals surface area contributed by atoms with Gasteiger partial charge in [0.15, 0.2) is 11.5 Å². The summed E-state index contributed by atoms with van der Waals surface area (Å²) in [5.41, 5.74) is 3.30. The Bertz CT molecular complexity index is 1410. The number of benzene rings is 2. The average Bonchev–Trinajstić information content (AvgIpc) is 3.47. The summed E-state index contributed by atoms with van der Waals surface area (Å²) in [7, 11) is -3.78. The number of ketones is 1. The number of halogens is 1. The molecule has 1 saturated heterocycles. The molecule has 182 valence electrons. The first-order chi connectivity index (χ1) is 16.8. The largest absolute Gasteiger partial charge is 0.335 e. The molecule has 3 aromatic rings. The van der Waals surface area contributed by atoms with Crippen molar-refractivity contribution in [2.75, 3.05) is 26.2 Å². The maximum absolute atomic E-state index is 13.4. The van der Waals surface area contributed by atoms with Gasteiger partial charge in [0.05, 0.1) is 10.6 Å². The van der Waals surface area contributed by atoms with Crippen molar-refractivity contribution in [1.82, 2.24) is 19.0 Å². The number of fused-ring (bicyclic) bond motifs is 1. The molecular formula is C25H25FN4O4S. The molecule has 1 aromatic heterocycles. The van der Waals surface area contributed by atoms with Crippen LogP contribution in [0.1, 0.15) is 45.4 Å². The van der Waals surface area contributed by atoms with E-state index in [1.807, 2.05) is 0 Å². The number of Topliss-reactive ketones (excluding diaryl/α,β-unsaturated/α-hetero) is 1. The van der Waals surface area contributed by atoms with E-state index in [4.69, 9.17) is 0 Å². The summed E-state index contributed by atoms with van der Waals surface area (Å²) in [5.74, 6) is -0.764. The molecule has 0 unspecified atom stereocenters. The number of piperazine rings is 1. The van der Waals surface area contributed by atoms with Gasteiger partial charge in [-0.2, -0.15) is 9.40 Å². The van der Waals surface area contributed by atoms with Gasteiger partial charge in [0.2, 0.25) is 10.0 Å².